The number of rotatable bonds is 4. The van der Waals surface area contributed by atoms with Crippen molar-refractivity contribution in [1.29, 1.82) is 0 Å². The number of aliphatic hydroxyl groups is 1. The van der Waals surface area contributed by atoms with Gasteiger partial charge in [0.15, 0.2) is 0 Å². The van der Waals surface area contributed by atoms with Crippen molar-refractivity contribution < 1.29 is 27.8 Å². The molecule has 0 spiro atoms. The van der Waals surface area contributed by atoms with E-state index >= 15 is 0 Å². The number of hydrogen-bond acceptors (Lipinski definition) is 3. The summed E-state index contributed by atoms with van der Waals surface area (Å²) in [6, 6.07) is 5.36. The molecule has 1 atom stereocenters. The van der Waals surface area contributed by atoms with Crippen LogP contribution in [0.25, 0.3) is 0 Å². The summed E-state index contributed by atoms with van der Waals surface area (Å²) in [6.45, 7) is 1.80. The summed E-state index contributed by atoms with van der Waals surface area (Å²) in [5.41, 5.74) is 0.161. The Morgan fingerprint density at radius 1 is 1.44 bits per heavy atom. The number of esters is 1. The van der Waals surface area contributed by atoms with Gasteiger partial charge in [0.05, 0.1) is 24.7 Å². The van der Waals surface area contributed by atoms with Crippen LogP contribution in [0, 0.1) is 0 Å². The molecule has 100 valence electrons. The van der Waals surface area contributed by atoms with Gasteiger partial charge in [0, 0.05) is 0 Å². The molecule has 3 nitrogen and oxygen atoms in total. The van der Waals surface area contributed by atoms with Gasteiger partial charge in [0.25, 0.3) is 0 Å². The molecule has 1 N–H and O–H groups in total. The molecule has 1 aromatic rings. The molecular weight excluding hydrogens is 249 g/mol. The second kappa shape index (κ2) is 5.86. The van der Waals surface area contributed by atoms with Crippen LogP contribution in [0.2, 0.25) is 0 Å². The predicted molar refractivity (Wildman–Crippen MR) is 58.0 cm³/mol. The Bertz CT molecular complexity index is 415. The molecule has 1 rings (SSSR count). The first-order chi connectivity index (χ1) is 8.33. The Kier molecular flexibility index (Phi) is 4.72. The summed E-state index contributed by atoms with van der Waals surface area (Å²) in [5, 5.41) is 9.42. The molecule has 0 aromatic heterocycles. The minimum atomic E-state index is -4.46. The molecule has 1 unspecified atom stereocenters. The van der Waals surface area contributed by atoms with Crippen molar-refractivity contribution in [2.45, 2.75) is 25.6 Å². The smallest absolute Gasteiger partial charge is 0.391 e. The summed E-state index contributed by atoms with van der Waals surface area (Å²) >= 11 is 0. The van der Waals surface area contributed by atoms with Crippen LogP contribution in [0.1, 0.15) is 35.4 Å². The lowest BCUT2D eigenvalue weighted by Gasteiger charge is -2.14. The third-order valence-electron chi connectivity index (χ3n) is 2.21. The van der Waals surface area contributed by atoms with Crippen molar-refractivity contribution in [3.63, 3.8) is 0 Å². The second-order valence-corrected chi connectivity index (χ2v) is 3.68. The normalized spacial score (nSPS) is 13.2. The SMILES string of the molecule is CCOC(=O)c1cccc(C(O)CC(F)(F)F)c1. The molecule has 6 heteroatoms. The van der Waals surface area contributed by atoms with Crippen molar-refractivity contribution in [3.8, 4) is 0 Å². The molecule has 0 aliphatic rings. The molecule has 18 heavy (non-hydrogen) atoms. The van der Waals surface area contributed by atoms with Gasteiger partial charge >= 0.3 is 12.1 Å². The molecular formula is C12H13F3O3. The van der Waals surface area contributed by atoms with E-state index in [1.807, 2.05) is 0 Å². The van der Waals surface area contributed by atoms with E-state index < -0.39 is 24.7 Å². The number of carbonyl (C=O) groups excluding carboxylic acids is 1. The minimum absolute atomic E-state index is 0.0397. The number of hydrogen-bond donors (Lipinski definition) is 1. The predicted octanol–water partition coefficient (Wildman–Crippen LogP) is 2.85. The minimum Gasteiger partial charge on any atom is -0.462 e. The lowest BCUT2D eigenvalue weighted by atomic mass is 10.0. The summed E-state index contributed by atoms with van der Waals surface area (Å²) < 4.78 is 41.1. The number of aliphatic hydroxyl groups excluding tert-OH is 1. The number of ether oxygens (including phenoxy) is 1. The summed E-state index contributed by atoms with van der Waals surface area (Å²) in [6.07, 6.45) is -7.49. The maximum atomic E-state index is 12.1. The second-order valence-electron chi connectivity index (χ2n) is 3.68. The first kappa shape index (κ1) is 14.5. The van der Waals surface area contributed by atoms with Gasteiger partial charge in [0.1, 0.15) is 0 Å². The number of benzene rings is 1. The van der Waals surface area contributed by atoms with E-state index in [9.17, 15) is 23.1 Å². The van der Waals surface area contributed by atoms with Crippen LogP contribution < -0.4 is 0 Å². The average molecular weight is 262 g/mol. The number of alkyl halides is 3. The fraction of sp³-hybridized carbons (Fsp3) is 0.417. The van der Waals surface area contributed by atoms with Gasteiger partial charge in [-0.05, 0) is 24.6 Å². The van der Waals surface area contributed by atoms with E-state index in [1.165, 1.54) is 24.3 Å². The van der Waals surface area contributed by atoms with E-state index in [4.69, 9.17) is 4.74 Å². The third kappa shape index (κ3) is 4.37. The lowest BCUT2D eigenvalue weighted by Crippen LogP contribution is -2.14. The van der Waals surface area contributed by atoms with Crippen molar-refractivity contribution >= 4 is 5.97 Å². The molecule has 1 aromatic carbocycles. The molecule has 0 saturated carbocycles. The van der Waals surface area contributed by atoms with Crippen molar-refractivity contribution in [2.24, 2.45) is 0 Å². The highest BCUT2D eigenvalue weighted by Gasteiger charge is 2.31. The fourth-order valence-corrected chi connectivity index (χ4v) is 1.42. The highest BCUT2D eigenvalue weighted by Crippen LogP contribution is 2.29. The molecule has 0 bridgehead atoms. The van der Waals surface area contributed by atoms with E-state index in [0.717, 1.165) is 0 Å². The van der Waals surface area contributed by atoms with Crippen LogP contribution in [0.3, 0.4) is 0 Å². The van der Waals surface area contributed by atoms with Crippen molar-refractivity contribution in [3.05, 3.63) is 35.4 Å². The Morgan fingerprint density at radius 2 is 2.11 bits per heavy atom. The third-order valence-corrected chi connectivity index (χ3v) is 2.21. The van der Waals surface area contributed by atoms with Gasteiger partial charge in [-0.15, -0.1) is 0 Å². The number of carbonyl (C=O) groups is 1. The first-order valence-corrected chi connectivity index (χ1v) is 5.35. The molecule has 0 radical (unpaired) electrons. The highest BCUT2D eigenvalue weighted by molar-refractivity contribution is 5.89. The van der Waals surface area contributed by atoms with E-state index in [0.29, 0.717) is 0 Å². The maximum Gasteiger partial charge on any atom is 0.391 e. The molecule has 0 aliphatic heterocycles. The lowest BCUT2D eigenvalue weighted by molar-refractivity contribution is -0.154. The van der Waals surface area contributed by atoms with Crippen LogP contribution >= 0.6 is 0 Å². The van der Waals surface area contributed by atoms with Crippen LogP contribution in [-0.2, 0) is 4.74 Å². The van der Waals surface area contributed by atoms with Gasteiger partial charge in [-0.2, -0.15) is 13.2 Å². The van der Waals surface area contributed by atoms with E-state index in [2.05, 4.69) is 0 Å². The fourth-order valence-electron chi connectivity index (χ4n) is 1.42. The van der Waals surface area contributed by atoms with Crippen LogP contribution in [0.15, 0.2) is 24.3 Å². The van der Waals surface area contributed by atoms with Crippen LogP contribution in [-0.4, -0.2) is 23.9 Å². The zero-order chi connectivity index (χ0) is 13.8. The molecule has 0 aliphatic carbocycles. The summed E-state index contributed by atoms with van der Waals surface area (Å²) in [4.78, 5) is 11.4. The Labute approximate surface area is 102 Å². The van der Waals surface area contributed by atoms with Crippen LogP contribution in [0.5, 0.6) is 0 Å². The standard InChI is InChI=1S/C12H13F3O3/c1-2-18-11(17)9-5-3-4-8(6-9)10(16)7-12(13,14)15/h3-6,10,16H,2,7H2,1H3. The zero-order valence-corrected chi connectivity index (χ0v) is 9.70. The van der Waals surface area contributed by atoms with E-state index in [1.54, 1.807) is 6.92 Å². The average Bonchev–Trinajstić information content (AvgIpc) is 2.27. The van der Waals surface area contributed by atoms with Crippen molar-refractivity contribution in [1.82, 2.24) is 0 Å². The molecule has 0 heterocycles. The van der Waals surface area contributed by atoms with Crippen molar-refractivity contribution in [2.75, 3.05) is 6.61 Å². The topological polar surface area (TPSA) is 46.5 Å². The monoisotopic (exact) mass is 262 g/mol. The van der Waals surface area contributed by atoms with Gasteiger partial charge in [0.2, 0.25) is 0 Å². The van der Waals surface area contributed by atoms with Gasteiger partial charge < -0.3 is 9.84 Å². The Balaban J connectivity index is 2.84. The largest absolute Gasteiger partial charge is 0.462 e. The van der Waals surface area contributed by atoms with E-state index in [-0.39, 0.29) is 17.7 Å². The summed E-state index contributed by atoms with van der Waals surface area (Å²) in [7, 11) is 0. The Hall–Kier alpha value is -1.56. The number of halogens is 3. The molecule has 0 amide bonds. The first-order valence-electron chi connectivity index (χ1n) is 5.35. The van der Waals surface area contributed by atoms with Gasteiger partial charge in [-0.25, -0.2) is 4.79 Å². The van der Waals surface area contributed by atoms with Gasteiger partial charge in [-0.1, -0.05) is 12.1 Å². The highest BCUT2D eigenvalue weighted by atomic mass is 19.4. The Morgan fingerprint density at radius 3 is 2.67 bits per heavy atom. The van der Waals surface area contributed by atoms with Crippen LogP contribution in [0.4, 0.5) is 13.2 Å². The molecule has 0 saturated heterocycles. The maximum absolute atomic E-state index is 12.1. The van der Waals surface area contributed by atoms with Gasteiger partial charge in [-0.3, -0.25) is 0 Å². The summed E-state index contributed by atoms with van der Waals surface area (Å²) in [5.74, 6) is -0.626. The molecule has 0 fully saturated rings. The zero-order valence-electron chi connectivity index (χ0n) is 9.70. The quantitative estimate of drug-likeness (QED) is 0.849.